The number of hydrogen-bond acceptors (Lipinski definition) is 4. The van der Waals surface area contributed by atoms with Gasteiger partial charge in [-0.2, -0.15) is 5.10 Å². The SMILES string of the molecule is Cc1[nH]nc2c1C(N=C(N)NO)C(=N)C(c1ccccc1Cl)C2. The Kier molecular flexibility index (Phi) is 4.06. The number of halogens is 1. The molecular weight excluding hydrogens is 316 g/mol. The van der Waals surface area contributed by atoms with Gasteiger partial charge in [0, 0.05) is 34.3 Å². The van der Waals surface area contributed by atoms with Gasteiger partial charge in [-0.05, 0) is 18.6 Å². The van der Waals surface area contributed by atoms with Gasteiger partial charge in [0.2, 0.25) is 5.96 Å². The molecule has 2 unspecified atom stereocenters. The van der Waals surface area contributed by atoms with Gasteiger partial charge in [0.05, 0.1) is 5.69 Å². The molecule has 6 N–H and O–H groups in total. The molecule has 2 atom stereocenters. The number of guanidine groups is 1. The van der Waals surface area contributed by atoms with E-state index in [1.807, 2.05) is 30.6 Å². The Morgan fingerprint density at radius 2 is 2.26 bits per heavy atom. The maximum absolute atomic E-state index is 8.93. The molecule has 1 aromatic carbocycles. The third kappa shape index (κ3) is 2.69. The van der Waals surface area contributed by atoms with Crippen LogP contribution < -0.4 is 11.2 Å². The summed E-state index contributed by atoms with van der Waals surface area (Å²) in [5.41, 5.74) is 11.1. The topological polar surface area (TPSA) is 123 Å². The number of nitrogens with one attached hydrogen (secondary N) is 3. The number of hydroxylamine groups is 1. The van der Waals surface area contributed by atoms with Crippen molar-refractivity contribution < 1.29 is 5.21 Å². The number of rotatable bonds is 2. The summed E-state index contributed by atoms with van der Waals surface area (Å²) in [5.74, 6) is -0.384. The molecule has 0 fully saturated rings. The van der Waals surface area contributed by atoms with Crippen LogP contribution in [0.2, 0.25) is 5.02 Å². The molecule has 0 radical (unpaired) electrons. The number of aromatic amines is 1. The molecule has 0 aliphatic heterocycles. The smallest absolute Gasteiger partial charge is 0.213 e. The number of H-pyrrole nitrogens is 1. The van der Waals surface area contributed by atoms with Gasteiger partial charge in [0.15, 0.2) is 0 Å². The van der Waals surface area contributed by atoms with Crippen molar-refractivity contribution in [3.8, 4) is 0 Å². The normalized spacial score (nSPS) is 21.2. The molecular formula is C15H17ClN6O. The van der Waals surface area contributed by atoms with E-state index < -0.39 is 6.04 Å². The lowest BCUT2D eigenvalue weighted by atomic mass is 9.78. The van der Waals surface area contributed by atoms with Crippen LogP contribution in [0.4, 0.5) is 0 Å². The number of nitrogens with zero attached hydrogens (tertiary/aromatic N) is 2. The van der Waals surface area contributed by atoms with Crippen LogP contribution in [0.5, 0.6) is 0 Å². The molecule has 1 aliphatic carbocycles. The highest BCUT2D eigenvalue weighted by molar-refractivity contribution is 6.31. The first-order valence-corrected chi connectivity index (χ1v) is 7.50. The molecule has 120 valence electrons. The zero-order chi connectivity index (χ0) is 16.6. The molecule has 1 aliphatic rings. The number of aryl methyl sites for hydroxylation is 1. The molecule has 0 bridgehead atoms. The van der Waals surface area contributed by atoms with Crippen LogP contribution >= 0.6 is 11.6 Å². The van der Waals surface area contributed by atoms with Gasteiger partial charge >= 0.3 is 0 Å². The van der Waals surface area contributed by atoms with Crippen LogP contribution in [0.1, 0.15) is 34.5 Å². The lowest BCUT2D eigenvalue weighted by Crippen LogP contribution is -2.33. The first kappa shape index (κ1) is 15.5. The van der Waals surface area contributed by atoms with E-state index in [9.17, 15) is 0 Å². The van der Waals surface area contributed by atoms with Gasteiger partial charge in [-0.1, -0.05) is 29.8 Å². The zero-order valence-corrected chi connectivity index (χ0v) is 13.2. The first-order valence-electron chi connectivity index (χ1n) is 7.12. The Morgan fingerprint density at radius 3 is 2.96 bits per heavy atom. The summed E-state index contributed by atoms with van der Waals surface area (Å²) >= 11 is 6.30. The molecule has 1 heterocycles. The Hall–Kier alpha value is -2.38. The highest BCUT2D eigenvalue weighted by Gasteiger charge is 2.37. The molecule has 23 heavy (non-hydrogen) atoms. The second-order valence-electron chi connectivity index (χ2n) is 5.47. The highest BCUT2D eigenvalue weighted by atomic mass is 35.5. The highest BCUT2D eigenvalue weighted by Crippen LogP contribution is 2.40. The number of aromatic nitrogens is 2. The summed E-state index contributed by atoms with van der Waals surface area (Å²) < 4.78 is 0. The molecule has 1 aromatic heterocycles. The van der Waals surface area contributed by atoms with E-state index in [4.69, 9.17) is 28.0 Å². The Bertz CT molecular complexity index is 784. The second-order valence-corrected chi connectivity index (χ2v) is 5.88. The third-order valence-electron chi connectivity index (χ3n) is 4.08. The van der Waals surface area contributed by atoms with E-state index in [1.165, 1.54) is 0 Å². The number of hydrogen-bond donors (Lipinski definition) is 5. The number of aliphatic imine (C=N–C) groups is 1. The van der Waals surface area contributed by atoms with Crippen LogP contribution in [-0.2, 0) is 6.42 Å². The quantitative estimate of drug-likeness (QED) is 0.328. The van der Waals surface area contributed by atoms with Gasteiger partial charge in [-0.3, -0.25) is 10.3 Å². The van der Waals surface area contributed by atoms with E-state index in [-0.39, 0.29) is 11.9 Å². The van der Waals surface area contributed by atoms with Crippen LogP contribution in [-0.4, -0.2) is 27.1 Å². The van der Waals surface area contributed by atoms with Gasteiger partial charge in [-0.25, -0.2) is 10.5 Å². The molecule has 3 rings (SSSR count). The van der Waals surface area contributed by atoms with Gasteiger partial charge < -0.3 is 11.1 Å². The number of fused-ring (bicyclic) bond motifs is 1. The lowest BCUT2D eigenvalue weighted by molar-refractivity contribution is 0.232. The van der Waals surface area contributed by atoms with Crippen molar-refractivity contribution in [1.82, 2.24) is 15.7 Å². The number of nitrogens with two attached hydrogens (primary N) is 1. The predicted molar refractivity (Wildman–Crippen MR) is 88.2 cm³/mol. The van der Waals surface area contributed by atoms with Crippen LogP contribution in [0.3, 0.4) is 0 Å². The summed E-state index contributed by atoms with van der Waals surface area (Å²) in [6.45, 7) is 1.88. The van der Waals surface area contributed by atoms with Crippen LogP contribution in [0.15, 0.2) is 29.3 Å². The molecule has 0 amide bonds. The fourth-order valence-electron chi connectivity index (χ4n) is 2.99. The second kappa shape index (κ2) is 6.02. The minimum Gasteiger partial charge on any atom is -0.368 e. The van der Waals surface area contributed by atoms with E-state index in [2.05, 4.69) is 15.2 Å². The molecule has 8 heteroatoms. The maximum atomic E-state index is 8.93. The minimum absolute atomic E-state index is 0.147. The van der Waals surface area contributed by atoms with E-state index in [0.717, 1.165) is 22.5 Å². The van der Waals surface area contributed by atoms with Crippen molar-refractivity contribution in [3.63, 3.8) is 0 Å². The molecule has 0 spiro atoms. The predicted octanol–water partition coefficient (Wildman–Crippen LogP) is 2.07. The van der Waals surface area contributed by atoms with Gasteiger partial charge in [-0.15, -0.1) is 0 Å². The Balaban J connectivity index is 2.11. The molecule has 2 aromatic rings. The van der Waals surface area contributed by atoms with Crippen molar-refractivity contribution in [1.29, 1.82) is 5.41 Å². The summed E-state index contributed by atoms with van der Waals surface area (Å²) in [7, 11) is 0. The molecule has 0 saturated heterocycles. The number of benzene rings is 1. The van der Waals surface area contributed by atoms with Gasteiger partial charge in [0.25, 0.3) is 0 Å². The largest absolute Gasteiger partial charge is 0.368 e. The standard InChI is InChI=1S/C15H17ClN6O/c1-7-12-11(21-20-7)6-9(8-4-2-3-5-10(8)16)13(17)14(12)19-15(18)22-23/h2-5,9,14,17,23H,6H2,1H3,(H,20,21)(H3,18,19,22). The van der Waals surface area contributed by atoms with Crippen molar-refractivity contribution >= 4 is 23.3 Å². The third-order valence-corrected chi connectivity index (χ3v) is 4.42. The van der Waals surface area contributed by atoms with Crippen molar-refractivity contribution in [2.75, 3.05) is 0 Å². The van der Waals surface area contributed by atoms with E-state index >= 15 is 0 Å². The first-order chi connectivity index (χ1) is 11.0. The van der Waals surface area contributed by atoms with Crippen molar-refractivity contribution in [2.24, 2.45) is 10.7 Å². The summed E-state index contributed by atoms with van der Waals surface area (Å²) in [6.07, 6.45) is 0.570. The lowest BCUT2D eigenvalue weighted by Gasteiger charge is -2.29. The van der Waals surface area contributed by atoms with Gasteiger partial charge in [0.1, 0.15) is 6.04 Å². The van der Waals surface area contributed by atoms with E-state index in [1.54, 1.807) is 6.07 Å². The monoisotopic (exact) mass is 332 g/mol. The van der Waals surface area contributed by atoms with Crippen molar-refractivity contribution in [3.05, 3.63) is 51.8 Å². The zero-order valence-electron chi connectivity index (χ0n) is 12.5. The fraction of sp³-hybridized carbons (Fsp3) is 0.267. The molecule has 7 nitrogen and oxygen atoms in total. The Morgan fingerprint density at radius 1 is 1.52 bits per heavy atom. The Labute approximate surface area is 138 Å². The van der Waals surface area contributed by atoms with Crippen molar-refractivity contribution in [2.45, 2.75) is 25.3 Å². The fourth-order valence-corrected chi connectivity index (χ4v) is 3.26. The summed E-state index contributed by atoms with van der Waals surface area (Å²) in [4.78, 5) is 4.22. The average molecular weight is 333 g/mol. The van der Waals surface area contributed by atoms with Crippen LogP contribution in [0, 0.1) is 12.3 Å². The maximum Gasteiger partial charge on any atom is 0.213 e. The van der Waals surface area contributed by atoms with E-state index in [0.29, 0.717) is 17.2 Å². The average Bonchev–Trinajstić information content (AvgIpc) is 2.91. The summed E-state index contributed by atoms with van der Waals surface area (Å²) in [6, 6.07) is 6.84. The minimum atomic E-state index is -0.613. The molecule has 0 saturated carbocycles. The van der Waals surface area contributed by atoms with Crippen LogP contribution in [0.25, 0.3) is 0 Å². The summed E-state index contributed by atoms with van der Waals surface area (Å²) in [5, 5.41) is 25.4.